The second kappa shape index (κ2) is 5.09. The first-order chi connectivity index (χ1) is 10.0. The third-order valence-corrected chi connectivity index (χ3v) is 3.08. The Balaban J connectivity index is 1.82. The summed E-state index contributed by atoms with van der Waals surface area (Å²) in [6, 6.07) is 12.6. The van der Waals surface area contributed by atoms with Crippen LogP contribution in [0.3, 0.4) is 0 Å². The normalized spacial score (nSPS) is 12.3. The second-order valence-corrected chi connectivity index (χ2v) is 4.59. The highest BCUT2D eigenvalue weighted by Gasteiger charge is 2.29. The van der Waals surface area contributed by atoms with Crippen LogP contribution in [0.2, 0.25) is 0 Å². The largest absolute Gasteiger partial charge is 0.416 e. The molecule has 0 atom stereocenters. The maximum Gasteiger partial charge on any atom is 0.416 e. The molecule has 0 amide bonds. The lowest BCUT2D eigenvalue weighted by atomic mass is 10.1. The summed E-state index contributed by atoms with van der Waals surface area (Å²) in [7, 11) is 0. The highest BCUT2D eigenvalue weighted by atomic mass is 19.4. The number of H-pyrrole nitrogens is 1. The van der Waals surface area contributed by atoms with E-state index in [-0.39, 0.29) is 0 Å². The SMILES string of the molecule is FC(F)(F)c1ccc(C=Cc2nc3ccccc3[nH]2)cc1. The van der Waals surface area contributed by atoms with Crippen molar-refractivity contribution in [1.82, 2.24) is 9.97 Å². The van der Waals surface area contributed by atoms with Gasteiger partial charge in [-0.15, -0.1) is 0 Å². The number of para-hydroxylation sites is 2. The fraction of sp³-hybridized carbons (Fsp3) is 0.0625. The minimum absolute atomic E-state index is 0.650. The Kier molecular flexibility index (Phi) is 3.25. The summed E-state index contributed by atoms with van der Waals surface area (Å²) in [5, 5.41) is 0. The third-order valence-electron chi connectivity index (χ3n) is 3.08. The number of rotatable bonds is 2. The molecule has 0 aliphatic carbocycles. The van der Waals surface area contributed by atoms with Crippen molar-refractivity contribution in [2.24, 2.45) is 0 Å². The minimum atomic E-state index is -4.30. The zero-order valence-electron chi connectivity index (χ0n) is 10.9. The van der Waals surface area contributed by atoms with E-state index < -0.39 is 11.7 Å². The molecule has 0 saturated carbocycles. The smallest absolute Gasteiger partial charge is 0.338 e. The van der Waals surface area contributed by atoms with E-state index in [0.717, 1.165) is 23.2 Å². The van der Waals surface area contributed by atoms with Gasteiger partial charge in [-0.2, -0.15) is 13.2 Å². The number of hydrogen-bond donors (Lipinski definition) is 1. The standard InChI is InChI=1S/C16H11F3N2/c17-16(18,19)12-8-5-11(6-9-12)7-10-15-20-13-3-1-2-4-14(13)21-15/h1-10H,(H,20,21). The van der Waals surface area contributed by atoms with Crippen LogP contribution in [0, 0.1) is 0 Å². The number of imidazole rings is 1. The van der Waals surface area contributed by atoms with E-state index in [0.29, 0.717) is 11.4 Å². The zero-order chi connectivity index (χ0) is 14.9. The van der Waals surface area contributed by atoms with Crippen molar-refractivity contribution in [2.45, 2.75) is 6.18 Å². The van der Waals surface area contributed by atoms with Gasteiger partial charge in [0, 0.05) is 0 Å². The monoisotopic (exact) mass is 288 g/mol. The van der Waals surface area contributed by atoms with Gasteiger partial charge in [-0.3, -0.25) is 0 Å². The molecule has 0 aliphatic rings. The van der Waals surface area contributed by atoms with Crippen molar-refractivity contribution in [2.75, 3.05) is 0 Å². The molecule has 106 valence electrons. The van der Waals surface area contributed by atoms with Gasteiger partial charge in [0.1, 0.15) is 5.82 Å². The Bertz CT molecular complexity index is 750. The molecular formula is C16H11F3N2. The van der Waals surface area contributed by atoms with Gasteiger partial charge in [0.25, 0.3) is 0 Å². The highest BCUT2D eigenvalue weighted by molar-refractivity contribution is 5.78. The van der Waals surface area contributed by atoms with E-state index >= 15 is 0 Å². The van der Waals surface area contributed by atoms with Crippen LogP contribution in [0.5, 0.6) is 0 Å². The summed E-state index contributed by atoms with van der Waals surface area (Å²) in [6.45, 7) is 0. The second-order valence-electron chi connectivity index (χ2n) is 4.59. The van der Waals surface area contributed by atoms with Gasteiger partial charge in [-0.1, -0.05) is 30.3 Å². The van der Waals surface area contributed by atoms with Crippen LogP contribution in [-0.2, 0) is 6.18 Å². The third kappa shape index (κ3) is 2.97. The number of hydrogen-bond acceptors (Lipinski definition) is 1. The van der Waals surface area contributed by atoms with E-state index in [9.17, 15) is 13.2 Å². The number of nitrogens with one attached hydrogen (secondary N) is 1. The number of aromatic amines is 1. The highest BCUT2D eigenvalue weighted by Crippen LogP contribution is 2.29. The van der Waals surface area contributed by atoms with Crippen LogP contribution in [0.25, 0.3) is 23.2 Å². The number of aromatic nitrogens is 2. The average Bonchev–Trinajstić information content (AvgIpc) is 2.87. The van der Waals surface area contributed by atoms with Crippen molar-refractivity contribution in [3.05, 3.63) is 65.5 Å². The van der Waals surface area contributed by atoms with E-state index in [1.807, 2.05) is 24.3 Å². The summed E-state index contributed by atoms with van der Waals surface area (Å²) in [5.74, 6) is 0.663. The van der Waals surface area contributed by atoms with Gasteiger partial charge in [0.05, 0.1) is 16.6 Å². The molecule has 0 bridgehead atoms. The van der Waals surface area contributed by atoms with Crippen LogP contribution in [0.4, 0.5) is 13.2 Å². The van der Waals surface area contributed by atoms with Crippen molar-refractivity contribution in [1.29, 1.82) is 0 Å². The zero-order valence-corrected chi connectivity index (χ0v) is 10.9. The molecule has 5 heteroatoms. The molecule has 3 aromatic rings. The Morgan fingerprint density at radius 3 is 2.29 bits per heavy atom. The predicted molar refractivity (Wildman–Crippen MR) is 76.5 cm³/mol. The first-order valence-electron chi connectivity index (χ1n) is 6.32. The van der Waals surface area contributed by atoms with Crippen LogP contribution in [-0.4, -0.2) is 9.97 Å². The average molecular weight is 288 g/mol. The molecular weight excluding hydrogens is 277 g/mol. The van der Waals surface area contributed by atoms with Gasteiger partial charge in [-0.05, 0) is 35.9 Å². The van der Waals surface area contributed by atoms with E-state index in [2.05, 4.69) is 9.97 Å². The molecule has 21 heavy (non-hydrogen) atoms. The first-order valence-corrected chi connectivity index (χ1v) is 6.32. The summed E-state index contributed by atoms with van der Waals surface area (Å²) in [5.41, 5.74) is 1.81. The lowest BCUT2D eigenvalue weighted by Crippen LogP contribution is -2.03. The van der Waals surface area contributed by atoms with Gasteiger partial charge in [0.15, 0.2) is 0 Å². The Labute approximate surface area is 119 Å². The summed E-state index contributed by atoms with van der Waals surface area (Å²) in [6.07, 6.45) is -0.846. The molecule has 0 saturated heterocycles. The molecule has 3 rings (SSSR count). The summed E-state index contributed by atoms with van der Waals surface area (Å²) >= 11 is 0. The number of nitrogens with zero attached hydrogens (tertiary/aromatic N) is 1. The van der Waals surface area contributed by atoms with Crippen LogP contribution in [0.1, 0.15) is 17.0 Å². The molecule has 0 fully saturated rings. The molecule has 2 nitrogen and oxygen atoms in total. The summed E-state index contributed by atoms with van der Waals surface area (Å²) in [4.78, 5) is 7.49. The Morgan fingerprint density at radius 2 is 1.62 bits per heavy atom. The predicted octanol–water partition coefficient (Wildman–Crippen LogP) is 4.75. The van der Waals surface area contributed by atoms with Gasteiger partial charge in [0.2, 0.25) is 0 Å². The Morgan fingerprint density at radius 1 is 0.905 bits per heavy atom. The number of benzene rings is 2. The van der Waals surface area contributed by atoms with Crippen molar-refractivity contribution in [3.8, 4) is 0 Å². The van der Waals surface area contributed by atoms with Crippen molar-refractivity contribution >= 4 is 23.2 Å². The molecule has 0 unspecified atom stereocenters. The topological polar surface area (TPSA) is 28.7 Å². The molecule has 2 aromatic carbocycles. The van der Waals surface area contributed by atoms with Gasteiger partial charge < -0.3 is 4.98 Å². The molecule has 0 aliphatic heterocycles. The number of alkyl halides is 3. The maximum atomic E-state index is 12.5. The van der Waals surface area contributed by atoms with Crippen LogP contribution < -0.4 is 0 Å². The number of halogens is 3. The Hall–Kier alpha value is -2.56. The van der Waals surface area contributed by atoms with Crippen molar-refractivity contribution < 1.29 is 13.2 Å². The lowest BCUT2D eigenvalue weighted by molar-refractivity contribution is -0.137. The van der Waals surface area contributed by atoms with E-state index in [4.69, 9.17) is 0 Å². The fourth-order valence-corrected chi connectivity index (χ4v) is 2.01. The number of fused-ring (bicyclic) bond motifs is 1. The first kappa shape index (κ1) is 13.4. The maximum absolute atomic E-state index is 12.5. The molecule has 1 N–H and O–H groups in total. The van der Waals surface area contributed by atoms with E-state index in [1.165, 1.54) is 12.1 Å². The van der Waals surface area contributed by atoms with Crippen LogP contribution in [0.15, 0.2) is 48.5 Å². The summed E-state index contributed by atoms with van der Waals surface area (Å²) < 4.78 is 37.4. The molecule has 1 aromatic heterocycles. The van der Waals surface area contributed by atoms with Gasteiger partial charge >= 0.3 is 6.18 Å². The quantitative estimate of drug-likeness (QED) is 0.724. The van der Waals surface area contributed by atoms with Gasteiger partial charge in [-0.25, -0.2) is 4.98 Å². The minimum Gasteiger partial charge on any atom is -0.338 e. The van der Waals surface area contributed by atoms with E-state index in [1.54, 1.807) is 12.2 Å². The van der Waals surface area contributed by atoms with Crippen molar-refractivity contribution in [3.63, 3.8) is 0 Å². The lowest BCUT2D eigenvalue weighted by Gasteiger charge is -2.05. The molecule has 1 heterocycles. The molecule has 0 radical (unpaired) electrons. The fourth-order valence-electron chi connectivity index (χ4n) is 2.01. The molecule has 0 spiro atoms. The van der Waals surface area contributed by atoms with Crippen LogP contribution >= 0.6 is 0 Å².